The van der Waals surface area contributed by atoms with E-state index in [2.05, 4.69) is 35.0 Å². The van der Waals surface area contributed by atoms with Crippen LogP contribution in [0.3, 0.4) is 0 Å². The van der Waals surface area contributed by atoms with Gasteiger partial charge in [-0.15, -0.1) is 0 Å². The van der Waals surface area contributed by atoms with E-state index in [1.807, 2.05) is 42.5 Å². The van der Waals surface area contributed by atoms with Crippen LogP contribution in [0, 0.1) is 0 Å². The molecule has 2 aromatic carbocycles. The Balaban J connectivity index is 2.14. The third kappa shape index (κ3) is 2.64. The van der Waals surface area contributed by atoms with Crippen LogP contribution in [0.15, 0.2) is 59.1 Å². The van der Waals surface area contributed by atoms with E-state index in [-0.39, 0.29) is 6.10 Å². The van der Waals surface area contributed by atoms with Gasteiger partial charge >= 0.3 is 0 Å². The molecule has 0 heterocycles. The van der Waals surface area contributed by atoms with Gasteiger partial charge in [0.2, 0.25) is 0 Å². The first kappa shape index (κ1) is 11.2. The van der Waals surface area contributed by atoms with Crippen LogP contribution in [0.1, 0.15) is 18.6 Å². The second-order valence-electron chi connectivity index (χ2n) is 3.60. The topological polar surface area (TPSA) is 9.23 Å². The minimum absolute atomic E-state index is 0.0555. The van der Waals surface area contributed by atoms with Gasteiger partial charge in [0.25, 0.3) is 0 Å². The Kier molecular flexibility index (Phi) is 3.62. The summed E-state index contributed by atoms with van der Waals surface area (Å²) in [5.74, 6) is 0.874. The molecule has 1 unspecified atom stereocenters. The highest BCUT2D eigenvalue weighted by Gasteiger charge is 2.08. The van der Waals surface area contributed by atoms with Gasteiger partial charge in [-0.1, -0.05) is 42.5 Å². The summed E-state index contributed by atoms with van der Waals surface area (Å²) >= 11 is 3.47. The van der Waals surface area contributed by atoms with E-state index < -0.39 is 0 Å². The van der Waals surface area contributed by atoms with Crippen molar-refractivity contribution in [3.63, 3.8) is 0 Å². The van der Waals surface area contributed by atoms with Gasteiger partial charge in [0, 0.05) is 0 Å². The molecule has 16 heavy (non-hydrogen) atoms. The zero-order chi connectivity index (χ0) is 11.4. The highest BCUT2D eigenvalue weighted by molar-refractivity contribution is 9.10. The monoisotopic (exact) mass is 276 g/mol. The second kappa shape index (κ2) is 5.17. The fourth-order valence-electron chi connectivity index (χ4n) is 1.52. The predicted octanol–water partition coefficient (Wildman–Crippen LogP) is 4.59. The summed E-state index contributed by atoms with van der Waals surface area (Å²) in [4.78, 5) is 0. The van der Waals surface area contributed by atoms with E-state index in [0.717, 1.165) is 10.2 Å². The smallest absolute Gasteiger partial charge is 0.134 e. The number of ether oxygens (including phenoxy) is 1. The Bertz CT molecular complexity index is 453. The molecule has 0 radical (unpaired) electrons. The van der Waals surface area contributed by atoms with E-state index >= 15 is 0 Å². The fourth-order valence-corrected chi connectivity index (χ4v) is 1.90. The van der Waals surface area contributed by atoms with Crippen molar-refractivity contribution >= 4 is 15.9 Å². The highest BCUT2D eigenvalue weighted by atomic mass is 79.9. The molecule has 0 fully saturated rings. The molecule has 0 aromatic heterocycles. The maximum Gasteiger partial charge on any atom is 0.134 e. The van der Waals surface area contributed by atoms with Gasteiger partial charge in [-0.25, -0.2) is 0 Å². The number of hydrogen-bond acceptors (Lipinski definition) is 1. The van der Waals surface area contributed by atoms with Crippen LogP contribution in [-0.2, 0) is 0 Å². The van der Waals surface area contributed by atoms with Gasteiger partial charge < -0.3 is 4.74 Å². The minimum atomic E-state index is 0.0555. The van der Waals surface area contributed by atoms with Gasteiger partial charge in [0.1, 0.15) is 11.9 Å². The molecule has 0 spiro atoms. The van der Waals surface area contributed by atoms with Crippen LogP contribution >= 0.6 is 15.9 Å². The molecular formula is C14H13BrO. The number of rotatable bonds is 3. The quantitative estimate of drug-likeness (QED) is 0.797. The zero-order valence-electron chi connectivity index (χ0n) is 9.06. The lowest BCUT2D eigenvalue weighted by Crippen LogP contribution is -2.02. The summed E-state index contributed by atoms with van der Waals surface area (Å²) in [5, 5.41) is 0. The molecule has 2 rings (SSSR count). The molecule has 0 aliphatic rings. The molecule has 0 saturated carbocycles. The molecule has 0 bridgehead atoms. The van der Waals surface area contributed by atoms with Crippen molar-refractivity contribution < 1.29 is 4.74 Å². The summed E-state index contributed by atoms with van der Waals surface area (Å²) in [5.41, 5.74) is 1.18. The van der Waals surface area contributed by atoms with Gasteiger partial charge in [-0.05, 0) is 40.5 Å². The molecule has 1 nitrogen and oxygen atoms in total. The van der Waals surface area contributed by atoms with Crippen molar-refractivity contribution in [3.8, 4) is 5.75 Å². The molecule has 0 saturated heterocycles. The highest BCUT2D eigenvalue weighted by Crippen LogP contribution is 2.28. The van der Waals surface area contributed by atoms with Crippen LogP contribution in [0.25, 0.3) is 0 Å². The molecule has 1 atom stereocenters. The average molecular weight is 277 g/mol. The predicted molar refractivity (Wildman–Crippen MR) is 69.6 cm³/mol. The average Bonchev–Trinajstić information content (AvgIpc) is 2.33. The van der Waals surface area contributed by atoms with Crippen molar-refractivity contribution in [1.82, 2.24) is 0 Å². The van der Waals surface area contributed by atoms with Crippen LogP contribution in [0.5, 0.6) is 5.75 Å². The minimum Gasteiger partial charge on any atom is -0.485 e. The summed E-state index contributed by atoms with van der Waals surface area (Å²) in [7, 11) is 0. The van der Waals surface area contributed by atoms with Crippen LogP contribution < -0.4 is 4.74 Å². The van der Waals surface area contributed by atoms with E-state index in [1.165, 1.54) is 5.56 Å². The Morgan fingerprint density at radius 1 is 0.938 bits per heavy atom. The van der Waals surface area contributed by atoms with Crippen LogP contribution in [0.2, 0.25) is 0 Å². The second-order valence-corrected chi connectivity index (χ2v) is 4.46. The Morgan fingerprint density at radius 2 is 1.56 bits per heavy atom. The van der Waals surface area contributed by atoms with Crippen molar-refractivity contribution in [2.75, 3.05) is 0 Å². The molecule has 0 aliphatic heterocycles. The molecule has 0 amide bonds. The molecular weight excluding hydrogens is 264 g/mol. The standard InChI is InChI=1S/C14H13BrO/c1-11(12-7-3-2-4-8-12)16-14-10-6-5-9-13(14)15/h2-11H,1H3. The number of halogens is 1. The SMILES string of the molecule is CC(Oc1ccccc1Br)c1ccccc1. The first-order chi connectivity index (χ1) is 7.77. The molecule has 2 heteroatoms. The third-order valence-electron chi connectivity index (χ3n) is 2.41. The van der Waals surface area contributed by atoms with E-state index in [9.17, 15) is 0 Å². The summed E-state index contributed by atoms with van der Waals surface area (Å²) in [6.45, 7) is 2.05. The molecule has 0 aliphatic carbocycles. The maximum absolute atomic E-state index is 5.88. The van der Waals surface area contributed by atoms with Gasteiger partial charge in [-0.3, -0.25) is 0 Å². The van der Waals surface area contributed by atoms with Crippen molar-refractivity contribution in [1.29, 1.82) is 0 Å². The van der Waals surface area contributed by atoms with E-state index in [0.29, 0.717) is 0 Å². The molecule has 82 valence electrons. The Labute approximate surface area is 104 Å². The van der Waals surface area contributed by atoms with Crippen LogP contribution in [-0.4, -0.2) is 0 Å². The van der Waals surface area contributed by atoms with Crippen molar-refractivity contribution in [3.05, 3.63) is 64.6 Å². The van der Waals surface area contributed by atoms with Crippen molar-refractivity contribution in [2.45, 2.75) is 13.0 Å². The van der Waals surface area contributed by atoms with Gasteiger partial charge in [0.05, 0.1) is 4.47 Å². The number of benzene rings is 2. The molecule has 2 aromatic rings. The van der Waals surface area contributed by atoms with Crippen LogP contribution in [0.4, 0.5) is 0 Å². The maximum atomic E-state index is 5.88. The normalized spacial score (nSPS) is 12.1. The summed E-state index contributed by atoms with van der Waals surface area (Å²) in [6.07, 6.45) is 0.0555. The van der Waals surface area contributed by atoms with Gasteiger partial charge in [0.15, 0.2) is 0 Å². The zero-order valence-corrected chi connectivity index (χ0v) is 10.6. The first-order valence-corrected chi connectivity index (χ1v) is 6.03. The van der Waals surface area contributed by atoms with E-state index in [4.69, 9.17) is 4.74 Å². The number of para-hydroxylation sites is 1. The van der Waals surface area contributed by atoms with Crippen molar-refractivity contribution in [2.24, 2.45) is 0 Å². The van der Waals surface area contributed by atoms with Gasteiger partial charge in [-0.2, -0.15) is 0 Å². The summed E-state index contributed by atoms with van der Waals surface area (Å²) in [6, 6.07) is 18.1. The van der Waals surface area contributed by atoms with E-state index in [1.54, 1.807) is 0 Å². The first-order valence-electron chi connectivity index (χ1n) is 5.23. The Hall–Kier alpha value is -1.28. The lowest BCUT2D eigenvalue weighted by Gasteiger charge is -2.15. The molecule has 0 N–H and O–H groups in total. The summed E-state index contributed by atoms with van der Waals surface area (Å²) < 4.78 is 6.87. The number of hydrogen-bond donors (Lipinski definition) is 0. The lowest BCUT2D eigenvalue weighted by atomic mass is 10.1. The lowest BCUT2D eigenvalue weighted by molar-refractivity contribution is 0.225. The Morgan fingerprint density at radius 3 is 2.25 bits per heavy atom. The fraction of sp³-hybridized carbons (Fsp3) is 0.143. The third-order valence-corrected chi connectivity index (χ3v) is 3.06. The largest absolute Gasteiger partial charge is 0.485 e.